The second kappa shape index (κ2) is 12.9. The van der Waals surface area contributed by atoms with Crippen molar-refractivity contribution in [3.63, 3.8) is 0 Å². The summed E-state index contributed by atoms with van der Waals surface area (Å²) >= 11 is 0. The Bertz CT molecular complexity index is 1780. The van der Waals surface area contributed by atoms with Gasteiger partial charge in [0, 0.05) is 11.6 Å². The first-order valence-corrected chi connectivity index (χ1v) is 15.6. The number of hydrogen-bond donors (Lipinski definition) is 3. The number of rotatable bonds is 8. The maximum absolute atomic E-state index is 13.3. The average Bonchev–Trinajstić information content (AvgIpc) is 2.95. The van der Waals surface area contributed by atoms with Crippen LogP contribution in [0.5, 0.6) is 5.88 Å². The third-order valence-corrected chi connectivity index (χ3v) is 8.95. The summed E-state index contributed by atoms with van der Waals surface area (Å²) in [5.41, 5.74) is 6.92. The smallest absolute Gasteiger partial charge is 0.335 e. The van der Waals surface area contributed by atoms with E-state index in [-0.39, 0.29) is 52.8 Å². The minimum atomic E-state index is -4.20. The first-order chi connectivity index (χ1) is 20.3. The van der Waals surface area contributed by atoms with Gasteiger partial charge in [0.25, 0.3) is 10.0 Å². The number of aryl methyl sites for hydroxylation is 2. The molecule has 3 aromatic carbocycles. The normalized spacial score (nSPS) is 14.7. The number of carboxylic acids is 1. The summed E-state index contributed by atoms with van der Waals surface area (Å²) in [4.78, 5) is 20.2. The molecular weight excluding hydrogens is 600 g/mol. The summed E-state index contributed by atoms with van der Waals surface area (Å²) in [7, 11) is -4.20. The van der Waals surface area contributed by atoms with E-state index in [0.29, 0.717) is 5.69 Å². The van der Waals surface area contributed by atoms with Crippen molar-refractivity contribution in [2.45, 2.75) is 57.4 Å². The lowest BCUT2D eigenvalue weighted by Gasteiger charge is -2.29. The van der Waals surface area contributed by atoms with Crippen LogP contribution in [0.1, 0.15) is 65.0 Å². The predicted octanol–water partition coefficient (Wildman–Crippen LogP) is 6.24. The first-order valence-electron chi connectivity index (χ1n) is 14.1. The minimum Gasteiger partial charge on any atom is -0.478 e. The number of aromatic carboxylic acids is 1. The van der Waals surface area contributed by atoms with Crippen LogP contribution in [0.2, 0.25) is 0 Å². The summed E-state index contributed by atoms with van der Waals surface area (Å²) in [6.07, 6.45) is 0.926. The molecule has 0 fully saturated rings. The molecule has 9 nitrogen and oxygen atoms in total. The Morgan fingerprint density at radius 3 is 2.41 bits per heavy atom. The number of anilines is 1. The molecule has 0 spiro atoms. The van der Waals surface area contributed by atoms with Crippen molar-refractivity contribution in [3.05, 3.63) is 100 Å². The summed E-state index contributed by atoms with van der Waals surface area (Å²) in [6, 6.07) is 19.2. The summed E-state index contributed by atoms with van der Waals surface area (Å²) in [5.74, 6) is -1.19. The molecule has 2 heterocycles. The van der Waals surface area contributed by atoms with Gasteiger partial charge in [0.05, 0.1) is 22.2 Å². The maximum Gasteiger partial charge on any atom is 0.335 e. The number of nitrogens with zero attached hydrogens (tertiary/aromatic N) is 2. The van der Waals surface area contributed by atoms with E-state index in [1.807, 2.05) is 32.0 Å². The number of fused-ring (bicyclic) bond motifs is 1. The Labute approximate surface area is 264 Å². The SMILES string of the molecule is Cc1cccc(C)c1-c1cc(OCC2NCCc3cc(C(C)(C)C)ccc32)nc(NS(=O)(=O)c2cccc(C(=O)O)c2)n1.Cl. The lowest BCUT2D eigenvalue weighted by molar-refractivity contribution is 0.0696. The third-order valence-electron chi connectivity index (χ3n) is 7.62. The Balaban J connectivity index is 0.00000442. The molecule has 1 aliphatic rings. The standard InChI is InChI=1S/C33H36N4O5S.ClH/c1-20-8-6-9-21(2)30(20)27-18-29(36-32(35-27)37-43(40,41)25-11-7-10-23(17-25)31(38)39)42-19-28-26-13-12-24(33(3,4)5)16-22(26)14-15-34-28;/h6-13,16-18,28,34H,14-15,19H2,1-5H3,(H,38,39)(H,35,36,37);1H. The van der Waals surface area contributed by atoms with Gasteiger partial charge in [-0.2, -0.15) is 4.98 Å². The molecule has 5 rings (SSSR count). The van der Waals surface area contributed by atoms with Crippen LogP contribution in [-0.4, -0.2) is 42.6 Å². The number of nitrogens with one attached hydrogen (secondary N) is 2. The Kier molecular flexibility index (Phi) is 9.68. The lowest BCUT2D eigenvalue weighted by atomic mass is 9.83. The lowest BCUT2D eigenvalue weighted by Crippen LogP contribution is -2.34. The minimum absolute atomic E-state index is 0. The van der Waals surface area contributed by atoms with Crippen LogP contribution in [0.4, 0.5) is 5.95 Å². The van der Waals surface area contributed by atoms with E-state index in [9.17, 15) is 18.3 Å². The molecule has 0 aliphatic carbocycles. The van der Waals surface area contributed by atoms with Crippen molar-refractivity contribution in [3.8, 4) is 17.1 Å². The molecule has 0 saturated heterocycles. The van der Waals surface area contributed by atoms with Gasteiger partial charge in [-0.15, -0.1) is 12.4 Å². The number of carboxylic acid groups (broad SMARTS) is 1. The zero-order chi connectivity index (χ0) is 30.9. The van der Waals surface area contributed by atoms with E-state index < -0.39 is 16.0 Å². The molecule has 44 heavy (non-hydrogen) atoms. The van der Waals surface area contributed by atoms with E-state index >= 15 is 0 Å². The van der Waals surface area contributed by atoms with Gasteiger partial charge in [-0.25, -0.2) is 22.9 Å². The highest BCUT2D eigenvalue weighted by atomic mass is 35.5. The maximum atomic E-state index is 13.3. The molecule has 1 atom stereocenters. The van der Waals surface area contributed by atoms with Crippen LogP contribution < -0.4 is 14.8 Å². The second-order valence-electron chi connectivity index (χ2n) is 11.9. The van der Waals surface area contributed by atoms with Crippen LogP contribution in [0.3, 0.4) is 0 Å². The highest BCUT2D eigenvalue weighted by Gasteiger charge is 2.24. The molecule has 1 aromatic heterocycles. The quantitative estimate of drug-likeness (QED) is 0.207. The number of hydrogen-bond acceptors (Lipinski definition) is 7. The highest BCUT2D eigenvalue weighted by molar-refractivity contribution is 7.92. The van der Waals surface area contributed by atoms with Crippen molar-refractivity contribution in [2.75, 3.05) is 17.9 Å². The second-order valence-corrected chi connectivity index (χ2v) is 13.5. The Hall–Kier alpha value is -3.99. The average molecular weight is 637 g/mol. The number of benzene rings is 3. The summed E-state index contributed by atoms with van der Waals surface area (Å²) < 4.78 is 35.2. The molecule has 0 amide bonds. The van der Waals surface area contributed by atoms with E-state index in [2.05, 4.69) is 59.0 Å². The summed E-state index contributed by atoms with van der Waals surface area (Å²) in [6.45, 7) is 11.6. The fraction of sp³-hybridized carbons (Fsp3) is 0.303. The molecular formula is C33H37ClN4O5S. The van der Waals surface area contributed by atoms with E-state index in [1.54, 1.807) is 6.07 Å². The van der Waals surface area contributed by atoms with E-state index in [1.165, 1.54) is 34.9 Å². The molecule has 0 bridgehead atoms. The number of aromatic nitrogens is 2. The van der Waals surface area contributed by atoms with Gasteiger partial charge >= 0.3 is 5.97 Å². The fourth-order valence-electron chi connectivity index (χ4n) is 5.30. The molecule has 4 aromatic rings. The summed E-state index contributed by atoms with van der Waals surface area (Å²) in [5, 5.41) is 12.9. The van der Waals surface area contributed by atoms with Gasteiger partial charge in [-0.05, 0) is 78.2 Å². The molecule has 11 heteroatoms. The number of sulfonamides is 1. The monoisotopic (exact) mass is 636 g/mol. The van der Waals surface area contributed by atoms with Gasteiger partial charge in [-0.3, -0.25) is 0 Å². The molecule has 1 unspecified atom stereocenters. The van der Waals surface area contributed by atoms with Crippen LogP contribution in [0, 0.1) is 13.8 Å². The van der Waals surface area contributed by atoms with Crippen molar-refractivity contribution < 1.29 is 23.1 Å². The predicted molar refractivity (Wildman–Crippen MR) is 173 cm³/mol. The van der Waals surface area contributed by atoms with Crippen LogP contribution in [0.15, 0.2) is 71.6 Å². The van der Waals surface area contributed by atoms with Crippen molar-refractivity contribution in [2.24, 2.45) is 0 Å². The van der Waals surface area contributed by atoms with Gasteiger partial charge in [-0.1, -0.05) is 63.2 Å². The van der Waals surface area contributed by atoms with Crippen LogP contribution >= 0.6 is 12.4 Å². The molecule has 232 valence electrons. The zero-order valence-corrected chi connectivity index (χ0v) is 27.0. The van der Waals surface area contributed by atoms with Crippen molar-refractivity contribution in [1.29, 1.82) is 0 Å². The van der Waals surface area contributed by atoms with Gasteiger partial charge < -0.3 is 15.2 Å². The topological polar surface area (TPSA) is 131 Å². The van der Waals surface area contributed by atoms with E-state index in [0.717, 1.165) is 35.7 Å². The molecule has 0 radical (unpaired) electrons. The molecule has 0 saturated carbocycles. The van der Waals surface area contributed by atoms with E-state index in [4.69, 9.17) is 4.74 Å². The Morgan fingerprint density at radius 2 is 1.73 bits per heavy atom. The number of ether oxygens (including phenoxy) is 1. The van der Waals surface area contributed by atoms with Crippen molar-refractivity contribution >= 4 is 34.3 Å². The number of halogens is 1. The van der Waals surface area contributed by atoms with Gasteiger partial charge in [0.2, 0.25) is 11.8 Å². The van der Waals surface area contributed by atoms with Crippen LogP contribution in [-0.2, 0) is 21.9 Å². The zero-order valence-electron chi connectivity index (χ0n) is 25.3. The van der Waals surface area contributed by atoms with Crippen LogP contribution in [0.25, 0.3) is 11.3 Å². The Morgan fingerprint density at radius 1 is 1.02 bits per heavy atom. The molecule has 1 aliphatic heterocycles. The first kappa shape index (κ1) is 32.9. The highest BCUT2D eigenvalue weighted by Crippen LogP contribution is 2.32. The van der Waals surface area contributed by atoms with Gasteiger partial charge in [0.15, 0.2) is 0 Å². The third kappa shape index (κ3) is 7.20. The largest absolute Gasteiger partial charge is 0.478 e. The fourth-order valence-corrected chi connectivity index (χ4v) is 6.29. The van der Waals surface area contributed by atoms with Gasteiger partial charge in [0.1, 0.15) is 6.61 Å². The molecule has 3 N–H and O–H groups in total. The van der Waals surface area contributed by atoms with Crippen molar-refractivity contribution in [1.82, 2.24) is 15.3 Å². The number of carbonyl (C=O) groups is 1.